The van der Waals surface area contributed by atoms with Crippen LogP contribution < -0.4 is 5.48 Å². The number of amides is 1. The van der Waals surface area contributed by atoms with Crippen molar-refractivity contribution in [2.45, 2.75) is 51.4 Å². The molecule has 0 aliphatic heterocycles. The van der Waals surface area contributed by atoms with Crippen molar-refractivity contribution in [3.63, 3.8) is 0 Å². The maximum absolute atomic E-state index is 12.1. The Balaban J connectivity index is 2.30. The highest BCUT2D eigenvalue weighted by Gasteiger charge is 2.20. The van der Waals surface area contributed by atoms with E-state index < -0.39 is 0 Å². The van der Waals surface area contributed by atoms with Gasteiger partial charge in [-0.05, 0) is 37.3 Å². The number of hydroxylamine groups is 1. The molecular formula is C16H23NO2. The van der Waals surface area contributed by atoms with Gasteiger partial charge in [-0.3, -0.25) is 9.63 Å². The second-order valence-electron chi connectivity index (χ2n) is 5.41. The van der Waals surface area contributed by atoms with E-state index in [4.69, 9.17) is 4.84 Å². The topological polar surface area (TPSA) is 38.3 Å². The molecule has 104 valence electrons. The summed E-state index contributed by atoms with van der Waals surface area (Å²) in [5.74, 6) is 0.377. The van der Waals surface area contributed by atoms with Crippen LogP contribution >= 0.6 is 0 Å². The lowest BCUT2D eigenvalue weighted by atomic mass is 9.87. The smallest absolute Gasteiger partial charge is 0.275 e. The Hall–Kier alpha value is -1.35. The van der Waals surface area contributed by atoms with Crippen LogP contribution in [0.5, 0.6) is 0 Å². The molecule has 1 amide bonds. The highest BCUT2D eigenvalue weighted by Crippen LogP contribution is 2.34. The van der Waals surface area contributed by atoms with Gasteiger partial charge < -0.3 is 0 Å². The minimum Gasteiger partial charge on any atom is -0.277 e. The predicted octanol–water partition coefficient (Wildman–Crippen LogP) is 3.72. The average Bonchev–Trinajstić information content (AvgIpc) is 2.67. The first-order chi connectivity index (χ1) is 9.22. The van der Waals surface area contributed by atoms with Gasteiger partial charge in [-0.25, -0.2) is 5.48 Å². The number of carbonyl (C=O) groups excluding carboxylic acids is 1. The molecule has 1 aliphatic carbocycles. The van der Waals surface area contributed by atoms with E-state index in [9.17, 15) is 4.79 Å². The summed E-state index contributed by atoms with van der Waals surface area (Å²) in [6, 6.07) is 6.08. The summed E-state index contributed by atoms with van der Waals surface area (Å²) in [4.78, 5) is 16.8. The van der Waals surface area contributed by atoms with Gasteiger partial charge in [-0.15, -0.1) is 0 Å². The molecule has 1 N–H and O–H groups in total. The van der Waals surface area contributed by atoms with Crippen LogP contribution in [0.4, 0.5) is 0 Å². The summed E-state index contributed by atoms with van der Waals surface area (Å²) in [7, 11) is 1.47. The number of benzene rings is 1. The van der Waals surface area contributed by atoms with Gasteiger partial charge in [0.15, 0.2) is 0 Å². The van der Waals surface area contributed by atoms with Gasteiger partial charge in [0.05, 0.1) is 7.11 Å². The number of aryl methyl sites for hydroxylation is 1. The average molecular weight is 261 g/mol. The lowest BCUT2D eigenvalue weighted by molar-refractivity contribution is 0.0536. The summed E-state index contributed by atoms with van der Waals surface area (Å²) < 4.78 is 0. The van der Waals surface area contributed by atoms with Crippen molar-refractivity contribution in [1.82, 2.24) is 5.48 Å². The first-order valence-electron chi connectivity index (χ1n) is 7.16. The van der Waals surface area contributed by atoms with E-state index in [0.717, 1.165) is 5.56 Å². The standard InChI is InChI=1S/C16H23NO2/c1-12-9-10-14(16(18)17-19-2)15(11-12)13-7-5-3-4-6-8-13/h9-11,13H,3-8H2,1-2H3,(H,17,18). The molecule has 2 rings (SSSR count). The van der Waals surface area contributed by atoms with Gasteiger partial charge in [0.25, 0.3) is 5.91 Å². The Labute approximate surface area is 115 Å². The first kappa shape index (κ1) is 14.1. The first-order valence-corrected chi connectivity index (χ1v) is 7.16. The molecule has 0 bridgehead atoms. The van der Waals surface area contributed by atoms with E-state index in [1.807, 2.05) is 12.1 Å². The number of rotatable bonds is 3. The maximum Gasteiger partial charge on any atom is 0.275 e. The van der Waals surface area contributed by atoms with E-state index in [-0.39, 0.29) is 5.91 Å². The lowest BCUT2D eigenvalue weighted by Crippen LogP contribution is -2.23. The zero-order valence-corrected chi connectivity index (χ0v) is 11.9. The molecular weight excluding hydrogens is 238 g/mol. The molecule has 1 fully saturated rings. The van der Waals surface area contributed by atoms with Crippen molar-refractivity contribution < 1.29 is 9.63 Å². The second-order valence-corrected chi connectivity index (χ2v) is 5.41. The van der Waals surface area contributed by atoms with E-state index in [0.29, 0.717) is 5.92 Å². The summed E-state index contributed by atoms with van der Waals surface area (Å²) in [5, 5.41) is 0. The molecule has 0 atom stereocenters. The lowest BCUT2D eigenvalue weighted by Gasteiger charge is -2.19. The van der Waals surface area contributed by atoms with Gasteiger partial charge in [0, 0.05) is 5.56 Å². The minimum atomic E-state index is -0.137. The largest absolute Gasteiger partial charge is 0.277 e. The van der Waals surface area contributed by atoms with Crippen LogP contribution in [0.2, 0.25) is 0 Å². The molecule has 0 saturated heterocycles. The zero-order valence-electron chi connectivity index (χ0n) is 11.9. The van der Waals surface area contributed by atoms with Crippen LogP contribution in [0.15, 0.2) is 18.2 Å². The number of carbonyl (C=O) groups is 1. The van der Waals surface area contributed by atoms with Crippen LogP contribution in [-0.2, 0) is 4.84 Å². The van der Waals surface area contributed by atoms with Crippen molar-refractivity contribution in [3.05, 3.63) is 34.9 Å². The normalized spacial score (nSPS) is 16.9. The molecule has 1 aromatic rings. The molecule has 1 saturated carbocycles. The van der Waals surface area contributed by atoms with Crippen LogP contribution in [0.25, 0.3) is 0 Å². The van der Waals surface area contributed by atoms with Gasteiger partial charge in [0.1, 0.15) is 0 Å². The monoisotopic (exact) mass is 261 g/mol. The Morgan fingerprint density at radius 1 is 1.21 bits per heavy atom. The van der Waals surface area contributed by atoms with Crippen molar-refractivity contribution >= 4 is 5.91 Å². The highest BCUT2D eigenvalue weighted by molar-refractivity contribution is 5.95. The van der Waals surface area contributed by atoms with Gasteiger partial charge >= 0.3 is 0 Å². The molecule has 3 heteroatoms. The zero-order chi connectivity index (χ0) is 13.7. The van der Waals surface area contributed by atoms with Crippen LogP contribution in [0.3, 0.4) is 0 Å². The van der Waals surface area contributed by atoms with Crippen LogP contribution in [0.1, 0.15) is 65.9 Å². The summed E-state index contributed by atoms with van der Waals surface area (Å²) >= 11 is 0. The number of nitrogens with one attached hydrogen (secondary N) is 1. The molecule has 0 unspecified atom stereocenters. The van der Waals surface area contributed by atoms with Gasteiger partial charge in [-0.2, -0.15) is 0 Å². The Morgan fingerprint density at radius 2 is 1.89 bits per heavy atom. The summed E-state index contributed by atoms with van der Waals surface area (Å²) in [5.41, 5.74) is 5.61. The van der Waals surface area contributed by atoms with Crippen LogP contribution in [-0.4, -0.2) is 13.0 Å². The summed E-state index contributed by atoms with van der Waals surface area (Å²) in [6.45, 7) is 2.08. The van der Waals surface area contributed by atoms with E-state index in [2.05, 4.69) is 18.5 Å². The molecule has 0 radical (unpaired) electrons. The predicted molar refractivity (Wildman–Crippen MR) is 76.1 cm³/mol. The molecule has 0 aromatic heterocycles. The maximum atomic E-state index is 12.1. The van der Waals surface area contributed by atoms with E-state index >= 15 is 0 Å². The molecule has 0 heterocycles. The van der Waals surface area contributed by atoms with Gasteiger partial charge in [-0.1, -0.05) is 43.4 Å². The fourth-order valence-corrected chi connectivity index (χ4v) is 2.96. The van der Waals surface area contributed by atoms with Crippen LogP contribution in [0, 0.1) is 6.92 Å². The third kappa shape index (κ3) is 3.57. The van der Waals surface area contributed by atoms with Crippen molar-refractivity contribution in [3.8, 4) is 0 Å². The molecule has 0 spiro atoms. The van der Waals surface area contributed by atoms with E-state index in [1.54, 1.807) is 0 Å². The Bertz CT molecular complexity index is 434. The third-order valence-corrected chi connectivity index (χ3v) is 3.94. The van der Waals surface area contributed by atoms with Gasteiger partial charge in [0.2, 0.25) is 0 Å². The molecule has 19 heavy (non-hydrogen) atoms. The third-order valence-electron chi connectivity index (χ3n) is 3.94. The fraction of sp³-hybridized carbons (Fsp3) is 0.562. The van der Waals surface area contributed by atoms with Crippen molar-refractivity contribution in [2.24, 2.45) is 0 Å². The Kier molecular flexibility index (Phi) is 4.97. The number of hydrogen-bond acceptors (Lipinski definition) is 2. The molecule has 1 aliphatic rings. The SMILES string of the molecule is CONC(=O)c1ccc(C)cc1C1CCCCCC1. The highest BCUT2D eigenvalue weighted by atomic mass is 16.6. The summed E-state index contributed by atoms with van der Waals surface area (Å²) in [6.07, 6.45) is 7.56. The molecule has 3 nitrogen and oxygen atoms in total. The fourth-order valence-electron chi connectivity index (χ4n) is 2.96. The van der Waals surface area contributed by atoms with Crippen molar-refractivity contribution in [2.75, 3.05) is 7.11 Å². The Morgan fingerprint density at radius 3 is 2.53 bits per heavy atom. The second kappa shape index (κ2) is 6.71. The quantitative estimate of drug-likeness (QED) is 0.665. The van der Waals surface area contributed by atoms with E-state index in [1.165, 1.54) is 56.8 Å². The molecule has 1 aromatic carbocycles. The minimum absolute atomic E-state index is 0.137. The number of hydrogen-bond donors (Lipinski definition) is 1. The van der Waals surface area contributed by atoms with Crippen molar-refractivity contribution in [1.29, 1.82) is 0 Å².